The van der Waals surface area contributed by atoms with Gasteiger partial charge in [0.1, 0.15) is 0 Å². The Hall–Kier alpha value is -0.400. The number of hydrogen-bond acceptors (Lipinski definition) is 2. The highest BCUT2D eigenvalue weighted by molar-refractivity contribution is 5.02. The molecular formula is C8H12N2. The maximum absolute atomic E-state index is 4.31. The topological polar surface area (TPSA) is 24.7 Å². The van der Waals surface area contributed by atoms with Gasteiger partial charge < -0.3 is 0 Å². The summed E-state index contributed by atoms with van der Waals surface area (Å²) >= 11 is 0. The van der Waals surface area contributed by atoms with Crippen LogP contribution in [0.25, 0.3) is 0 Å². The van der Waals surface area contributed by atoms with Gasteiger partial charge in [-0.05, 0) is 37.5 Å². The summed E-state index contributed by atoms with van der Waals surface area (Å²) in [5.41, 5.74) is 0. The number of azo groups is 1. The minimum absolute atomic E-state index is 0.642. The highest BCUT2D eigenvalue weighted by Gasteiger charge is 2.48. The van der Waals surface area contributed by atoms with Gasteiger partial charge >= 0.3 is 0 Å². The molecule has 0 amide bonds. The van der Waals surface area contributed by atoms with Gasteiger partial charge in [0.05, 0.1) is 12.1 Å². The summed E-state index contributed by atoms with van der Waals surface area (Å²) in [5.74, 6) is 1.91. The van der Waals surface area contributed by atoms with Crippen molar-refractivity contribution in [3.05, 3.63) is 0 Å². The number of nitrogens with zero attached hydrogens (tertiary/aromatic N) is 2. The molecule has 0 aromatic carbocycles. The summed E-state index contributed by atoms with van der Waals surface area (Å²) in [6.45, 7) is 0. The van der Waals surface area contributed by atoms with Gasteiger partial charge in [0.15, 0.2) is 0 Å². The molecular weight excluding hydrogens is 124 g/mol. The van der Waals surface area contributed by atoms with Gasteiger partial charge in [-0.15, -0.1) is 0 Å². The lowest BCUT2D eigenvalue weighted by Crippen LogP contribution is -2.48. The van der Waals surface area contributed by atoms with Crippen LogP contribution in [0.2, 0.25) is 0 Å². The van der Waals surface area contributed by atoms with E-state index in [2.05, 4.69) is 10.2 Å². The van der Waals surface area contributed by atoms with Crippen molar-refractivity contribution in [2.45, 2.75) is 37.8 Å². The van der Waals surface area contributed by atoms with Crippen molar-refractivity contribution in [1.82, 2.24) is 0 Å². The molecule has 2 nitrogen and oxygen atoms in total. The fourth-order valence-electron chi connectivity index (χ4n) is 2.73. The Morgan fingerprint density at radius 1 is 0.700 bits per heavy atom. The first-order valence-corrected chi connectivity index (χ1v) is 4.35. The van der Waals surface area contributed by atoms with Crippen LogP contribution in [0.4, 0.5) is 0 Å². The monoisotopic (exact) mass is 136 g/mol. The maximum Gasteiger partial charge on any atom is 0.0740 e. The lowest BCUT2D eigenvalue weighted by atomic mass is 9.60. The molecule has 4 atom stereocenters. The minimum atomic E-state index is 0.642. The van der Waals surface area contributed by atoms with Crippen molar-refractivity contribution in [1.29, 1.82) is 0 Å². The van der Waals surface area contributed by atoms with Crippen LogP contribution in [0.3, 0.4) is 0 Å². The molecule has 2 fully saturated rings. The molecule has 0 aromatic heterocycles. The van der Waals surface area contributed by atoms with Crippen molar-refractivity contribution in [2.75, 3.05) is 0 Å². The first-order chi connectivity index (χ1) is 4.95. The standard InChI is InChI=1S/C8H12N2/c1-2-6-5(1)7-3-4-8(6)10-9-7/h5-8H,1-4H2/t5-,6-,7+,8+/m0/s1. The van der Waals surface area contributed by atoms with Gasteiger partial charge in [0.2, 0.25) is 0 Å². The van der Waals surface area contributed by atoms with E-state index < -0.39 is 0 Å². The first-order valence-electron chi connectivity index (χ1n) is 4.35. The smallest absolute Gasteiger partial charge is 0.0740 e. The molecule has 0 N–H and O–H groups in total. The molecule has 2 aliphatic heterocycles. The molecule has 4 rings (SSSR count). The minimum Gasteiger partial charge on any atom is -0.190 e. The van der Waals surface area contributed by atoms with E-state index in [4.69, 9.17) is 0 Å². The molecule has 10 heavy (non-hydrogen) atoms. The third-order valence-electron chi connectivity index (χ3n) is 3.49. The molecule has 0 saturated heterocycles. The second kappa shape index (κ2) is 1.60. The quantitative estimate of drug-likeness (QED) is 0.486. The van der Waals surface area contributed by atoms with Crippen LogP contribution in [0.5, 0.6) is 0 Å². The van der Waals surface area contributed by atoms with E-state index in [1.165, 1.54) is 25.7 Å². The van der Waals surface area contributed by atoms with Crippen molar-refractivity contribution < 1.29 is 0 Å². The summed E-state index contributed by atoms with van der Waals surface area (Å²) in [5, 5.41) is 8.61. The third-order valence-corrected chi connectivity index (χ3v) is 3.49. The molecule has 2 heteroatoms. The summed E-state index contributed by atoms with van der Waals surface area (Å²) in [6, 6.07) is 1.28. The zero-order valence-corrected chi connectivity index (χ0v) is 6.03. The Kier molecular flexibility index (Phi) is 0.846. The molecule has 0 radical (unpaired) electrons. The van der Waals surface area contributed by atoms with Crippen LogP contribution in [0.15, 0.2) is 10.2 Å². The summed E-state index contributed by atoms with van der Waals surface area (Å²) in [6.07, 6.45) is 5.53. The van der Waals surface area contributed by atoms with E-state index in [-0.39, 0.29) is 0 Å². The zero-order chi connectivity index (χ0) is 6.55. The average Bonchev–Trinajstić information content (AvgIpc) is 1.88. The van der Waals surface area contributed by atoms with Gasteiger partial charge in [-0.3, -0.25) is 0 Å². The van der Waals surface area contributed by atoms with E-state index in [0.717, 1.165) is 11.8 Å². The first kappa shape index (κ1) is 5.28. The molecule has 2 aliphatic carbocycles. The Morgan fingerprint density at radius 3 is 1.40 bits per heavy atom. The lowest BCUT2D eigenvalue weighted by molar-refractivity contribution is 0.0421. The van der Waals surface area contributed by atoms with Gasteiger partial charge in [-0.1, -0.05) is 0 Å². The molecule has 54 valence electrons. The number of hydrogen-bond donors (Lipinski definition) is 0. The van der Waals surface area contributed by atoms with Gasteiger partial charge in [0.25, 0.3) is 0 Å². The predicted octanol–water partition coefficient (Wildman–Crippen LogP) is 2.01. The number of rotatable bonds is 0. The highest BCUT2D eigenvalue weighted by atomic mass is 15.2. The normalized spacial score (nSPS) is 56.0. The molecule has 0 spiro atoms. The van der Waals surface area contributed by atoms with Gasteiger partial charge in [0, 0.05) is 0 Å². The fraction of sp³-hybridized carbons (Fsp3) is 1.00. The molecule has 0 aromatic rings. The second-order valence-electron chi connectivity index (χ2n) is 3.85. The summed E-state index contributed by atoms with van der Waals surface area (Å²) in [4.78, 5) is 0. The molecule has 2 heterocycles. The maximum atomic E-state index is 4.31. The molecule has 2 saturated carbocycles. The Balaban J connectivity index is 1.98. The summed E-state index contributed by atoms with van der Waals surface area (Å²) in [7, 11) is 0. The van der Waals surface area contributed by atoms with Crippen LogP contribution in [-0.4, -0.2) is 12.1 Å². The van der Waals surface area contributed by atoms with Crippen molar-refractivity contribution in [3.8, 4) is 0 Å². The average molecular weight is 136 g/mol. The van der Waals surface area contributed by atoms with E-state index in [1.807, 2.05) is 0 Å². The van der Waals surface area contributed by atoms with Crippen LogP contribution in [0, 0.1) is 11.8 Å². The molecule has 2 bridgehead atoms. The zero-order valence-electron chi connectivity index (χ0n) is 6.03. The molecule has 4 aliphatic rings. The van der Waals surface area contributed by atoms with Crippen molar-refractivity contribution >= 4 is 0 Å². The van der Waals surface area contributed by atoms with E-state index >= 15 is 0 Å². The van der Waals surface area contributed by atoms with E-state index in [0.29, 0.717) is 12.1 Å². The largest absolute Gasteiger partial charge is 0.190 e. The van der Waals surface area contributed by atoms with Crippen LogP contribution >= 0.6 is 0 Å². The number of fused-ring (bicyclic) bond motifs is 1. The SMILES string of the molecule is C1C[C@H]2[C@H]1[C@H]1CC[C@H]2N=N1. The highest BCUT2D eigenvalue weighted by Crippen LogP contribution is 2.50. The molecule has 0 unspecified atom stereocenters. The van der Waals surface area contributed by atoms with Crippen LogP contribution in [0.1, 0.15) is 25.7 Å². The Labute approximate surface area is 60.7 Å². The Morgan fingerprint density at radius 2 is 1.20 bits per heavy atom. The van der Waals surface area contributed by atoms with E-state index in [1.54, 1.807) is 0 Å². The van der Waals surface area contributed by atoms with Crippen molar-refractivity contribution in [2.24, 2.45) is 22.1 Å². The summed E-state index contributed by atoms with van der Waals surface area (Å²) < 4.78 is 0. The predicted molar refractivity (Wildman–Crippen MR) is 37.9 cm³/mol. The van der Waals surface area contributed by atoms with E-state index in [9.17, 15) is 0 Å². The van der Waals surface area contributed by atoms with Gasteiger partial charge in [-0.2, -0.15) is 10.2 Å². The van der Waals surface area contributed by atoms with Crippen LogP contribution < -0.4 is 0 Å². The Bertz CT molecular complexity index is 168. The fourth-order valence-corrected chi connectivity index (χ4v) is 2.73. The third kappa shape index (κ3) is 0.468. The van der Waals surface area contributed by atoms with Crippen LogP contribution in [-0.2, 0) is 0 Å². The lowest BCUT2D eigenvalue weighted by Gasteiger charge is -2.49. The van der Waals surface area contributed by atoms with Crippen molar-refractivity contribution in [3.63, 3.8) is 0 Å². The van der Waals surface area contributed by atoms with Gasteiger partial charge in [-0.25, -0.2) is 0 Å². The second-order valence-corrected chi connectivity index (χ2v) is 3.85.